The monoisotopic (exact) mass is 431 g/mol. The molecule has 0 radical (unpaired) electrons. The quantitative estimate of drug-likeness (QED) is 0.267. The van der Waals surface area contributed by atoms with Crippen molar-refractivity contribution in [2.24, 2.45) is 5.73 Å². The second-order valence-corrected chi connectivity index (χ2v) is 7.72. The molecular formula is C25H29N5O2. The number of aromatic nitrogens is 1. The Labute approximate surface area is 188 Å². The minimum atomic E-state index is -1.06. The molecule has 2 aromatic carbocycles. The van der Waals surface area contributed by atoms with Gasteiger partial charge in [0, 0.05) is 35.4 Å². The second-order valence-electron chi connectivity index (χ2n) is 7.72. The molecule has 0 atom stereocenters. The van der Waals surface area contributed by atoms with E-state index in [0.717, 1.165) is 22.4 Å². The zero-order chi connectivity index (χ0) is 22.8. The number of anilines is 2. The molecule has 3 aromatic rings. The first-order chi connectivity index (χ1) is 15.5. The van der Waals surface area contributed by atoms with E-state index < -0.39 is 6.09 Å². The molecular weight excluding hydrogens is 402 g/mol. The van der Waals surface area contributed by atoms with Crippen molar-refractivity contribution < 1.29 is 9.90 Å². The maximum atomic E-state index is 10.4. The summed E-state index contributed by atoms with van der Waals surface area (Å²) in [6.45, 7) is 0. The number of nitrogens with two attached hydrogens (primary N) is 1. The van der Waals surface area contributed by atoms with Crippen molar-refractivity contribution >= 4 is 23.3 Å². The van der Waals surface area contributed by atoms with Gasteiger partial charge in [0.25, 0.3) is 0 Å². The molecule has 0 saturated heterocycles. The first kappa shape index (κ1) is 22.8. The molecule has 32 heavy (non-hydrogen) atoms. The highest BCUT2D eigenvalue weighted by Crippen LogP contribution is 2.22. The van der Waals surface area contributed by atoms with Gasteiger partial charge >= 0.3 is 6.09 Å². The molecule has 1 heterocycles. The number of hydrogen-bond donors (Lipinski definition) is 5. The SMILES string of the molecule is N=C(N)c1cccc(NC2CCCCC2)c1.O=C(O)Nc1ccc(-c2ccncc2)cc1. The first-order valence-electron chi connectivity index (χ1n) is 10.7. The van der Waals surface area contributed by atoms with Gasteiger partial charge in [-0.25, -0.2) is 4.79 Å². The van der Waals surface area contributed by atoms with Crippen LogP contribution in [0, 0.1) is 5.41 Å². The molecule has 1 amide bonds. The molecule has 1 saturated carbocycles. The lowest BCUT2D eigenvalue weighted by molar-refractivity contribution is 0.210. The van der Waals surface area contributed by atoms with Gasteiger partial charge in [-0.15, -0.1) is 0 Å². The normalized spacial score (nSPS) is 13.4. The fraction of sp³-hybridized carbons (Fsp3) is 0.240. The van der Waals surface area contributed by atoms with Gasteiger partial charge in [0.2, 0.25) is 0 Å². The van der Waals surface area contributed by atoms with Crippen LogP contribution in [-0.4, -0.2) is 28.1 Å². The lowest BCUT2D eigenvalue weighted by Crippen LogP contribution is -2.22. The molecule has 4 rings (SSSR count). The summed E-state index contributed by atoms with van der Waals surface area (Å²) < 4.78 is 0. The Bertz CT molecular complexity index is 1020. The van der Waals surface area contributed by atoms with E-state index in [1.807, 2.05) is 48.5 Å². The van der Waals surface area contributed by atoms with Gasteiger partial charge in [-0.2, -0.15) is 0 Å². The summed E-state index contributed by atoms with van der Waals surface area (Å²) >= 11 is 0. The van der Waals surface area contributed by atoms with E-state index in [-0.39, 0.29) is 5.84 Å². The molecule has 0 aliphatic heterocycles. The number of carbonyl (C=O) groups is 1. The van der Waals surface area contributed by atoms with Crippen molar-refractivity contribution in [2.45, 2.75) is 38.1 Å². The fourth-order valence-corrected chi connectivity index (χ4v) is 3.67. The van der Waals surface area contributed by atoms with E-state index in [1.54, 1.807) is 24.5 Å². The minimum absolute atomic E-state index is 0.132. The third-order valence-corrected chi connectivity index (χ3v) is 5.30. The van der Waals surface area contributed by atoms with Crippen LogP contribution in [0.15, 0.2) is 73.1 Å². The molecule has 0 bridgehead atoms. The summed E-state index contributed by atoms with van der Waals surface area (Å²) in [6, 6.07) is 19.4. The van der Waals surface area contributed by atoms with E-state index in [2.05, 4.69) is 15.6 Å². The Morgan fingerprint density at radius 1 is 0.938 bits per heavy atom. The number of rotatable bonds is 5. The molecule has 1 aromatic heterocycles. The number of amidine groups is 1. The summed E-state index contributed by atoms with van der Waals surface area (Å²) in [7, 11) is 0. The van der Waals surface area contributed by atoms with E-state index in [4.69, 9.17) is 16.2 Å². The molecule has 6 N–H and O–H groups in total. The van der Waals surface area contributed by atoms with Gasteiger partial charge in [-0.05, 0) is 60.4 Å². The smallest absolute Gasteiger partial charge is 0.409 e. The third-order valence-electron chi connectivity index (χ3n) is 5.30. The molecule has 0 spiro atoms. The first-order valence-corrected chi connectivity index (χ1v) is 10.7. The Morgan fingerprint density at radius 3 is 2.22 bits per heavy atom. The van der Waals surface area contributed by atoms with Gasteiger partial charge in [0.15, 0.2) is 0 Å². The average Bonchev–Trinajstić information content (AvgIpc) is 2.81. The number of carboxylic acid groups (broad SMARTS) is 1. The Balaban J connectivity index is 0.000000181. The predicted octanol–water partition coefficient (Wildman–Crippen LogP) is 5.55. The Morgan fingerprint density at radius 2 is 1.59 bits per heavy atom. The summed E-state index contributed by atoms with van der Waals surface area (Å²) in [6.07, 6.45) is 8.91. The van der Waals surface area contributed by atoms with E-state index in [9.17, 15) is 4.79 Å². The van der Waals surface area contributed by atoms with Crippen molar-refractivity contribution in [1.29, 1.82) is 5.41 Å². The van der Waals surface area contributed by atoms with E-state index in [1.165, 1.54) is 32.1 Å². The van der Waals surface area contributed by atoms with Crippen LogP contribution < -0.4 is 16.4 Å². The number of hydrogen-bond acceptors (Lipinski definition) is 4. The van der Waals surface area contributed by atoms with Crippen molar-refractivity contribution in [2.75, 3.05) is 10.6 Å². The predicted molar refractivity (Wildman–Crippen MR) is 129 cm³/mol. The van der Waals surface area contributed by atoms with E-state index >= 15 is 0 Å². The largest absolute Gasteiger partial charge is 0.465 e. The van der Waals surface area contributed by atoms with Crippen LogP contribution in [0.2, 0.25) is 0 Å². The lowest BCUT2D eigenvalue weighted by atomic mass is 9.95. The molecule has 1 fully saturated rings. The highest BCUT2D eigenvalue weighted by molar-refractivity contribution is 5.95. The van der Waals surface area contributed by atoms with Crippen molar-refractivity contribution in [3.63, 3.8) is 0 Å². The molecule has 166 valence electrons. The number of pyridine rings is 1. The zero-order valence-corrected chi connectivity index (χ0v) is 17.9. The second kappa shape index (κ2) is 11.5. The topological polar surface area (TPSA) is 124 Å². The fourth-order valence-electron chi connectivity index (χ4n) is 3.67. The number of nitrogen functional groups attached to an aromatic ring is 1. The lowest BCUT2D eigenvalue weighted by Gasteiger charge is -2.24. The summed E-state index contributed by atoms with van der Waals surface area (Å²) in [5, 5.41) is 21.7. The van der Waals surface area contributed by atoms with E-state index in [0.29, 0.717) is 11.7 Å². The molecule has 1 aliphatic rings. The summed E-state index contributed by atoms with van der Waals surface area (Å²) in [5.41, 5.74) is 9.99. The van der Waals surface area contributed by atoms with Crippen molar-refractivity contribution in [3.05, 3.63) is 78.6 Å². The van der Waals surface area contributed by atoms with Gasteiger partial charge in [0.05, 0.1) is 0 Å². The van der Waals surface area contributed by atoms with Crippen molar-refractivity contribution in [3.8, 4) is 11.1 Å². The number of amides is 1. The Hall–Kier alpha value is -3.87. The van der Waals surface area contributed by atoms with Gasteiger partial charge in [0.1, 0.15) is 5.84 Å². The van der Waals surface area contributed by atoms with Gasteiger partial charge in [-0.3, -0.25) is 15.7 Å². The van der Waals surface area contributed by atoms with Crippen LogP contribution in [0.1, 0.15) is 37.7 Å². The molecule has 7 nitrogen and oxygen atoms in total. The van der Waals surface area contributed by atoms with Crippen molar-refractivity contribution in [1.82, 2.24) is 4.98 Å². The standard InChI is InChI=1S/C13H19N3.C12H10N2O2/c14-13(15)10-5-4-8-12(9-10)16-11-6-2-1-3-7-11;15-12(16)14-11-3-1-9(2-4-11)10-5-7-13-8-6-10/h4-5,8-9,11,16H,1-3,6-7H2,(H3,14,15);1-8,14H,(H,15,16). The number of benzene rings is 2. The molecule has 1 aliphatic carbocycles. The van der Waals surface area contributed by atoms with Crippen LogP contribution in [0.5, 0.6) is 0 Å². The average molecular weight is 432 g/mol. The van der Waals surface area contributed by atoms with Crippen LogP contribution in [0.25, 0.3) is 11.1 Å². The third kappa shape index (κ3) is 7.12. The summed E-state index contributed by atoms with van der Waals surface area (Å²) in [4.78, 5) is 14.3. The maximum Gasteiger partial charge on any atom is 0.409 e. The van der Waals surface area contributed by atoms with Gasteiger partial charge in [-0.1, -0.05) is 43.5 Å². The van der Waals surface area contributed by atoms with Gasteiger partial charge < -0.3 is 16.2 Å². The minimum Gasteiger partial charge on any atom is -0.465 e. The maximum absolute atomic E-state index is 10.4. The van der Waals surface area contributed by atoms with Crippen LogP contribution in [-0.2, 0) is 0 Å². The highest BCUT2D eigenvalue weighted by Gasteiger charge is 2.12. The summed E-state index contributed by atoms with van der Waals surface area (Å²) in [5.74, 6) is 0.132. The molecule has 7 heteroatoms. The highest BCUT2D eigenvalue weighted by atomic mass is 16.4. The Kier molecular flexibility index (Phi) is 8.20. The van der Waals surface area contributed by atoms with Crippen LogP contribution in [0.3, 0.4) is 0 Å². The number of nitrogens with zero attached hydrogens (tertiary/aromatic N) is 1. The number of nitrogens with one attached hydrogen (secondary N) is 3. The molecule has 0 unspecified atom stereocenters. The van der Waals surface area contributed by atoms with Crippen LogP contribution >= 0.6 is 0 Å². The van der Waals surface area contributed by atoms with Crippen LogP contribution in [0.4, 0.5) is 16.2 Å². The zero-order valence-electron chi connectivity index (χ0n) is 17.9.